The molecule has 1 aliphatic rings. The predicted molar refractivity (Wildman–Crippen MR) is 78.5 cm³/mol. The highest BCUT2D eigenvalue weighted by atomic mass is 16.1. The Hall–Kier alpha value is -1.49. The van der Waals surface area contributed by atoms with E-state index < -0.39 is 0 Å². The molecular weight excluding hydrogens is 252 g/mol. The van der Waals surface area contributed by atoms with Crippen LogP contribution in [-0.4, -0.2) is 47.0 Å². The molecule has 110 valence electrons. The number of carbonyl (C=O) groups is 1. The van der Waals surface area contributed by atoms with E-state index in [-0.39, 0.29) is 5.91 Å². The molecule has 1 saturated heterocycles. The fourth-order valence-corrected chi connectivity index (χ4v) is 3.01. The second kappa shape index (κ2) is 6.79. The number of amides is 1. The number of nitrogens with one attached hydrogen (secondary N) is 1. The van der Waals surface area contributed by atoms with Gasteiger partial charge in [0.25, 0.3) is 5.91 Å². The summed E-state index contributed by atoms with van der Waals surface area (Å²) in [5.41, 5.74) is 1.28. The van der Waals surface area contributed by atoms with Crippen LogP contribution in [0.5, 0.6) is 0 Å². The average Bonchev–Trinajstić information content (AvgIpc) is 2.38. The monoisotopic (exact) mass is 276 g/mol. The Morgan fingerprint density at radius 3 is 2.75 bits per heavy atom. The van der Waals surface area contributed by atoms with Crippen LogP contribution in [0.15, 0.2) is 12.5 Å². The Labute approximate surface area is 120 Å². The van der Waals surface area contributed by atoms with Gasteiger partial charge in [0.05, 0.1) is 11.3 Å². The topological polar surface area (TPSA) is 58.1 Å². The number of likely N-dealkylation sites (tertiary alicyclic amines) is 1. The molecule has 20 heavy (non-hydrogen) atoms. The van der Waals surface area contributed by atoms with Gasteiger partial charge in [-0.1, -0.05) is 13.8 Å². The lowest BCUT2D eigenvalue weighted by molar-refractivity contribution is 0.0935. The smallest absolute Gasteiger partial charge is 0.254 e. The van der Waals surface area contributed by atoms with Gasteiger partial charge in [-0.15, -0.1) is 0 Å². The van der Waals surface area contributed by atoms with Gasteiger partial charge in [0.2, 0.25) is 0 Å². The van der Waals surface area contributed by atoms with Crippen molar-refractivity contribution in [2.45, 2.75) is 27.2 Å². The van der Waals surface area contributed by atoms with Crippen LogP contribution in [0.4, 0.5) is 0 Å². The van der Waals surface area contributed by atoms with Crippen molar-refractivity contribution in [2.75, 3.05) is 26.2 Å². The first-order chi connectivity index (χ1) is 9.56. The van der Waals surface area contributed by atoms with Crippen molar-refractivity contribution in [3.63, 3.8) is 0 Å². The summed E-state index contributed by atoms with van der Waals surface area (Å²) in [5, 5.41) is 2.96. The van der Waals surface area contributed by atoms with Crippen LogP contribution in [0.3, 0.4) is 0 Å². The van der Waals surface area contributed by atoms with E-state index in [0.29, 0.717) is 12.1 Å². The molecule has 2 rings (SSSR count). The van der Waals surface area contributed by atoms with Crippen molar-refractivity contribution >= 4 is 5.91 Å². The van der Waals surface area contributed by atoms with Crippen molar-refractivity contribution < 1.29 is 4.79 Å². The molecule has 1 aromatic rings. The van der Waals surface area contributed by atoms with Gasteiger partial charge >= 0.3 is 0 Å². The van der Waals surface area contributed by atoms with Gasteiger partial charge < -0.3 is 10.2 Å². The molecule has 5 heteroatoms. The van der Waals surface area contributed by atoms with Gasteiger partial charge in [0.1, 0.15) is 6.33 Å². The SMILES string of the molecule is Cc1ncncc1C(=O)NCCN1C[C@H](C)C[C@@H](C)C1. The summed E-state index contributed by atoms with van der Waals surface area (Å²) in [6.45, 7) is 10.3. The molecule has 0 saturated carbocycles. The Kier molecular flexibility index (Phi) is 5.06. The Morgan fingerprint density at radius 1 is 1.40 bits per heavy atom. The number of carbonyl (C=O) groups excluding carboxylic acids is 1. The van der Waals surface area contributed by atoms with Gasteiger partial charge in [0.15, 0.2) is 0 Å². The Morgan fingerprint density at radius 2 is 2.10 bits per heavy atom. The molecule has 0 unspecified atom stereocenters. The Bertz CT molecular complexity index is 453. The number of rotatable bonds is 4. The minimum absolute atomic E-state index is 0.0822. The maximum absolute atomic E-state index is 12.0. The quantitative estimate of drug-likeness (QED) is 0.905. The molecule has 5 nitrogen and oxygen atoms in total. The summed E-state index contributed by atoms with van der Waals surface area (Å²) >= 11 is 0. The number of aryl methyl sites for hydroxylation is 1. The second-order valence-electron chi connectivity index (χ2n) is 5.98. The minimum Gasteiger partial charge on any atom is -0.351 e. The first-order valence-electron chi connectivity index (χ1n) is 7.33. The van der Waals surface area contributed by atoms with E-state index in [2.05, 4.69) is 34.0 Å². The summed E-state index contributed by atoms with van der Waals surface area (Å²) in [7, 11) is 0. The fraction of sp³-hybridized carbons (Fsp3) is 0.667. The zero-order valence-corrected chi connectivity index (χ0v) is 12.6. The van der Waals surface area contributed by atoms with Crippen molar-refractivity contribution in [1.82, 2.24) is 20.2 Å². The number of hydrogen-bond acceptors (Lipinski definition) is 4. The van der Waals surface area contributed by atoms with Crippen LogP contribution in [0.25, 0.3) is 0 Å². The standard InChI is InChI=1S/C15H24N4O/c1-11-6-12(2)9-19(8-11)5-4-17-15(20)14-7-16-10-18-13(14)3/h7,10-12H,4-6,8-9H2,1-3H3,(H,17,20)/t11-,12-/m1/s1. The highest BCUT2D eigenvalue weighted by molar-refractivity contribution is 5.94. The number of hydrogen-bond donors (Lipinski definition) is 1. The van der Waals surface area contributed by atoms with E-state index >= 15 is 0 Å². The molecule has 0 bridgehead atoms. The molecule has 1 fully saturated rings. The first-order valence-corrected chi connectivity index (χ1v) is 7.33. The molecule has 0 aliphatic carbocycles. The summed E-state index contributed by atoms with van der Waals surface area (Å²) < 4.78 is 0. The molecule has 1 N–H and O–H groups in total. The third kappa shape index (κ3) is 4.00. The molecule has 2 heterocycles. The number of aromatic nitrogens is 2. The zero-order valence-electron chi connectivity index (χ0n) is 12.6. The van der Waals surface area contributed by atoms with E-state index in [1.165, 1.54) is 12.7 Å². The summed E-state index contributed by atoms with van der Waals surface area (Å²) in [6, 6.07) is 0. The van der Waals surface area contributed by atoms with E-state index in [0.717, 1.165) is 37.2 Å². The van der Waals surface area contributed by atoms with Crippen LogP contribution < -0.4 is 5.32 Å². The van der Waals surface area contributed by atoms with Crippen LogP contribution in [0, 0.1) is 18.8 Å². The molecule has 0 aromatic carbocycles. The van der Waals surface area contributed by atoms with Gasteiger partial charge in [-0.05, 0) is 25.2 Å². The van der Waals surface area contributed by atoms with E-state index in [1.807, 2.05) is 6.92 Å². The molecule has 1 aliphatic heterocycles. The van der Waals surface area contributed by atoms with E-state index in [4.69, 9.17) is 0 Å². The third-order valence-electron chi connectivity index (χ3n) is 3.81. The maximum Gasteiger partial charge on any atom is 0.254 e. The molecule has 1 aromatic heterocycles. The summed E-state index contributed by atoms with van der Waals surface area (Å²) in [6.07, 6.45) is 4.34. The van der Waals surface area contributed by atoms with Crippen molar-refractivity contribution in [1.29, 1.82) is 0 Å². The van der Waals surface area contributed by atoms with Gasteiger partial charge in [-0.25, -0.2) is 9.97 Å². The maximum atomic E-state index is 12.0. The second-order valence-corrected chi connectivity index (χ2v) is 5.98. The van der Waals surface area contributed by atoms with Crippen LogP contribution in [0.1, 0.15) is 36.3 Å². The van der Waals surface area contributed by atoms with Crippen molar-refractivity contribution in [3.8, 4) is 0 Å². The van der Waals surface area contributed by atoms with Gasteiger partial charge in [0, 0.05) is 32.4 Å². The highest BCUT2D eigenvalue weighted by Crippen LogP contribution is 2.20. The lowest BCUT2D eigenvalue weighted by Gasteiger charge is -2.34. The zero-order chi connectivity index (χ0) is 14.5. The third-order valence-corrected chi connectivity index (χ3v) is 3.81. The van der Waals surface area contributed by atoms with E-state index in [1.54, 1.807) is 6.20 Å². The molecule has 0 radical (unpaired) electrons. The largest absolute Gasteiger partial charge is 0.351 e. The Balaban J connectivity index is 1.78. The lowest BCUT2D eigenvalue weighted by Crippen LogP contribution is -2.43. The normalized spacial score (nSPS) is 23.6. The first kappa shape index (κ1) is 14.9. The predicted octanol–water partition coefficient (Wildman–Crippen LogP) is 1.49. The molecule has 0 spiro atoms. The van der Waals surface area contributed by atoms with Crippen molar-refractivity contribution in [3.05, 3.63) is 23.8 Å². The molecule has 1 amide bonds. The summed E-state index contributed by atoms with van der Waals surface area (Å²) in [5.74, 6) is 1.42. The number of nitrogens with zero attached hydrogens (tertiary/aromatic N) is 3. The lowest BCUT2D eigenvalue weighted by atomic mass is 9.92. The fourth-order valence-electron chi connectivity index (χ4n) is 3.01. The van der Waals surface area contributed by atoms with E-state index in [9.17, 15) is 4.79 Å². The van der Waals surface area contributed by atoms with Gasteiger partial charge in [-0.2, -0.15) is 0 Å². The minimum atomic E-state index is -0.0822. The van der Waals surface area contributed by atoms with Crippen LogP contribution in [0.2, 0.25) is 0 Å². The van der Waals surface area contributed by atoms with Crippen LogP contribution >= 0.6 is 0 Å². The molecular formula is C15H24N4O. The summed E-state index contributed by atoms with van der Waals surface area (Å²) in [4.78, 5) is 22.4. The van der Waals surface area contributed by atoms with Crippen LogP contribution in [-0.2, 0) is 0 Å². The molecule has 2 atom stereocenters. The highest BCUT2D eigenvalue weighted by Gasteiger charge is 2.21. The number of piperidine rings is 1. The van der Waals surface area contributed by atoms with Gasteiger partial charge in [-0.3, -0.25) is 4.79 Å². The average molecular weight is 276 g/mol. The van der Waals surface area contributed by atoms with Crippen molar-refractivity contribution in [2.24, 2.45) is 11.8 Å².